The molecule has 5 rings (SSSR count). The van der Waals surface area contributed by atoms with Crippen molar-refractivity contribution in [1.29, 1.82) is 0 Å². The molecule has 2 aromatic carbocycles. The summed E-state index contributed by atoms with van der Waals surface area (Å²) in [7, 11) is 0. The minimum atomic E-state index is -0.243. The van der Waals surface area contributed by atoms with E-state index in [-0.39, 0.29) is 19.3 Å². The topological polar surface area (TPSA) is 82.6 Å². The lowest BCUT2D eigenvalue weighted by molar-refractivity contribution is -0.118. The Bertz CT molecular complexity index is 1220. The molecule has 0 spiro atoms. The third kappa shape index (κ3) is 3.65. The summed E-state index contributed by atoms with van der Waals surface area (Å²) in [5.41, 5.74) is 3.55. The number of aromatic nitrogens is 2. The van der Waals surface area contributed by atoms with Crippen molar-refractivity contribution in [3.8, 4) is 27.8 Å². The van der Waals surface area contributed by atoms with Gasteiger partial charge in [0, 0.05) is 23.5 Å². The summed E-state index contributed by atoms with van der Waals surface area (Å²) in [6.45, 7) is 2.04. The van der Waals surface area contributed by atoms with Crippen LogP contribution in [-0.4, -0.2) is 29.3 Å². The van der Waals surface area contributed by atoms with Crippen LogP contribution in [0.15, 0.2) is 54.7 Å². The molecule has 0 atom stereocenters. The molecule has 1 amide bonds. The summed E-state index contributed by atoms with van der Waals surface area (Å²) >= 11 is 1.54. The molecule has 1 aliphatic rings. The van der Waals surface area contributed by atoms with E-state index in [9.17, 15) is 4.79 Å². The summed E-state index contributed by atoms with van der Waals surface area (Å²) in [5, 5.41) is 3.79. The Morgan fingerprint density at radius 3 is 2.93 bits per heavy atom. The van der Waals surface area contributed by atoms with Crippen LogP contribution in [0, 0.1) is 6.92 Å². The third-order valence-corrected chi connectivity index (χ3v) is 5.66. The number of benzene rings is 2. The second kappa shape index (κ2) is 7.64. The number of hydrogen-bond acceptors (Lipinski definition) is 7. The molecule has 0 saturated heterocycles. The van der Waals surface area contributed by atoms with E-state index < -0.39 is 0 Å². The number of carbonyl (C=O) groups is 1. The summed E-state index contributed by atoms with van der Waals surface area (Å²) in [5.74, 6) is 1.59. The zero-order valence-corrected chi connectivity index (χ0v) is 16.9. The van der Waals surface area contributed by atoms with E-state index in [1.54, 1.807) is 35.7 Å². The summed E-state index contributed by atoms with van der Waals surface area (Å²) in [6, 6.07) is 14.9. The average Bonchev–Trinajstić information content (AvgIpc) is 3.40. The number of ether oxygens (including phenoxy) is 3. The molecule has 0 saturated carbocycles. The maximum atomic E-state index is 12.3. The number of fused-ring (bicyclic) bond motifs is 2. The molecular formula is C22H17N3O4S. The van der Waals surface area contributed by atoms with Crippen molar-refractivity contribution < 1.29 is 19.0 Å². The minimum absolute atomic E-state index is 0.107. The van der Waals surface area contributed by atoms with Gasteiger partial charge in [-0.15, -0.1) is 0 Å². The van der Waals surface area contributed by atoms with Crippen LogP contribution in [0.5, 0.6) is 17.2 Å². The van der Waals surface area contributed by atoms with Gasteiger partial charge in [0.1, 0.15) is 21.1 Å². The number of anilines is 1. The quantitative estimate of drug-likeness (QED) is 0.516. The van der Waals surface area contributed by atoms with E-state index in [0.29, 0.717) is 17.2 Å². The second-order valence-electron chi connectivity index (χ2n) is 6.73. The van der Waals surface area contributed by atoms with E-state index in [2.05, 4.69) is 15.3 Å². The van der Waals surface area contributed by atoms with Crippen LogP contribution in [0.1, 0.15) is 5.56 Å². The number of thiazole rings is 1. The molecule has 150 valence electrons. The van der Waals surface area contributed by atoms with Crippen molar-refractivity contribution in [2.45, 2.75) is 6.92 Å². The molecule has 7 nitrogen and oxygen atoms in total. The van der Waals surface area contributed by atoms with Gasteiger partial charge in [-0.1, -0.05) is 11.3 Å². The summed E-state index contributed by atoms with van der Waals surface area (Å²) < 4.78 is 16.1. The van der Waals surface area contributed by atoms with Gasteiger partial charge in [0.05, 0.1) is 0 Å². The highest BCUT2D eigenvalue weighted by Gasteiger charge is 2.15. The molecule has 3 heterocycles. The molecule has 0 radical (unpaired) electrons. The first-order valence-electron chi connectivity index (χ1n) is 9.30. The molecule has 2 aromatic heterocycles. The number of carbonyl (C=O) groups excluding carboxylic acids is 1. The lowest BCUT2D eigenvalue weighted by Gasteiger charge is -2.11. The number of rotatable bonds is 5. The van der Waals surface area contributed by atoms with Crippen molar-refractivity contribution in [1.82, 2.24) is 9.97 Å². The first kappa shape index (κ1) is 18.4. The number of pyridine rings is 1. The lowest BCUT2D eigenvalue weighted by atomic mass is 10.1. The van der Waals surface area contributed by atoms with E-state index in [0.717, 1.165) is 32.2 Å². The standard InChI is InChI=1S/C22H17N3O4S/c1-13-9-14(21-25-17-3-2-8-23-22(17)30-21)4-6-16(13)24-20(26)11-27-15-5-7-18-19(10-15)29-12-28-18/h2-10H,11-12H2,1H3,(H,24,26). The molecule has 0 aliphatic carbocycles. The molecule has 0 bridgehead atoms. The fourth-order valence-electron chi connectivity index (χ4n) is 3.13. The van der Waals surface area contributed by atoms with Crippen molar-refractivity contribution >= 4 is 33.3 Å². The Kier molecular flexibility index (Phi) is 4.68. The van der Waals surface area contributed by atoms with Crippen LogP contribution in [0.25, 0.3) is 20.9 Å². The molecule has 0 unspecified atom stereocenters. The largest absolute Gasteiger partial charge is 0.484 e. The molecular weight excluding hydrogens is 402 g/mol. The molecule has 30 heavy (non-hydrogen) atoms. The minimum Gasteiger partial charge on any atom is -0.484 e. The van der Waals surface area contributed by atoms with Crippen molar-refractivity contribution in [2.75, 3.05) is 18.7 Å². The Morgan fingerprint density at radius 1 is 1.17 bits per heavy atom. The SMILES string of the molecule is Cc1cc(-c2nc3cccnc3s2)ccc1NC(=O)COc1ccc2c(c1)OCO2. The molecule has 0 fully saturated rings. The molecule has 1 N–H and O–H groups in total. The summed E-state index contributed by atoms with van der Waals surface area (Å²) in [6.07, 6.45) is 1.76. The van der Waals surface area contributed by atoms with Crippen LogP contribution in [0.3, 0.4) is 0 Å². The Morgan fingerprint density at radius 2 is 2.07 bits per heavy atom. The fraction of sp³-hybridized carbons (Fsp3) is 0.136. The number of nitrogens with one attached hydrogen (secondary N) is 1. The maximum Gasteiger partial charge on any atom is 0.262 e. The van der Waals surface area contributed by atoms with Gasteiger partial charge in [0.25, 0.3) is 5.91 Å². The van der Waals surface area contributed by atoms with Gasteiger partial charge in [0.15, 0.2) is 18.1 Å². The number of amides is 1. The maximum absolute atomic E-state index is 12.3. The highest BCUT2D eigenvalue weighted by molar-refractivity contribution is 7.21. The fourth-order valence-corrected chi connectivity index (χ4v) is 4.04. The van der Waals surface area contributed by atoms with Gasteiger partial charge in [0.2, 0.25) is 6.79 Å². The lowest BCUT2D eigenvalue weighted by Crippen LogP contribution is -2.20. The van der Waals surface area contributed by atoms with Crippen molar-refractivity contribution in [3.63, 3.8) is 0 Å². The monoisotopic (exact) mass is 419 g/mol. The van der Waals surface area contributed by atoms with Gasteiger partial charge < -0.3 is 19.5 Å². The van der Waals surface area contributed by atoms with Gasteiger partial charge in [-0.05, 0) is 55.0 Å². The normalized spacial score (nSPS) is 12.2. The zero-order chi connectivity index (χ0) is 20.5. The molecule has 4 aromatic rings. The van der Waals surface area contributed by atoms with Gasteiger partial charge >= 0.3 is 0 Å². The predicted molar refractivity (Wildman–Crippen MR) is 114 cm³/mol. The Hall–Kier alpha value is -3.65. The van der Waals surface area contributed by atoms with E-state index in [1.807, 2.05) is 37.3 Å². The van der Waals surface area contributed by atoms with Crippen molar-refractivity contribution in [3.05, 3.63) is 60.3 Å². The van der Waals surface area contributed by atoms with Crippen LogP contribution in [0.4, 0.5) is 5.69 Å². The number of nitrogens with zero attached hydrogens (tertiary/aromatic N) is 2. The van der Waals surface area contributed by atoms with E-state index in [4.69, 9.17) is 14.2 Å². The zero-order valence-electron chi connectivity index (χ0n) is 16.0. The van der Waals surface area contributed by atoms with E-state index in [1.165, 1.54) is 0 Å². The number of aryl methyl sites for hydroxylation is 1. The van der Waals surface area contributed by atoms with Crippen LogP contribution < -0.4 is 19.5 Å². The Balaban J connectivity index is 1.25. The van der Waals surface area contributed by atoms with Crippen LogP contribution in [0.2, 0.25) is 0 Å². The smallest absolute Gasteiger partial charge is 0.262 e. The summed E-state index contributed by atoms with van der Waals surface area (Å²) in [4.78, 5) is 22.2. The highest BCUT2D eigenvalue weighted by atomic mass is 32.1. The van der Waals surface area contributed by atoms with E-state index >= 15 is 0 Å². The second-order valence-corrected chi connectivity index (χ2v) is 7.71. The van der Waals surface area contributed by atoms with Gasteiger partial charge in [-0.3, -0.25) is 4.79 Å². The first-order valence-corrected chi connectivity index (χ1v) is 10.1. The van der Waals surface area contributed by atoms with Gasteiger partial charge in [-0.25, -0.2) is 9.97 Å². The van der Waals surface area contributed by atoms with Crippen LogP contribution in [-0.2, 0) is 4.79 Å². The van der Waals surface area contributed by atoms with Gasteiger partial charge in [-0.2, -0.15) is 0 Å². The highest BCUT2D eigenvalue weighted by Crippen LogP contribution is 2.35. The van der Waals surface area contributed by atoms with Crippen LogP contribution >= 0.6 is 11.3 Å². The number of hydrogen-bond donors (Lipinski definition) is 1. The first-order chi connectivity index (χ1) is 14.7. The Labute approximate surface area is 176 Å². The third-order valence-electron chi connectivity index (χ3n) is 4.63. The van der Waals surface area contributed by atoms with Crippen molar-refractivity contribution in [2.24, 2.45) is 0 Å². The molecule has 1 aliphatic heterocycles. The predicted octanol–water partition coefficient (Wildman–Crippen LogP) is 4.41. The average molecular weight is 419 g/mol. The molecule has 8 heteroatoms.